The maximum atomic E-state index is 14.2. The Bertz CT molecular complexity index is 1530. The third-order valence-electron chi connectivity index (χ3n) is 6.70. The number of aromatic hydroxyl groups is 1. The van der Waals surface area contributed by atoms with Crippen LogP contribution in [-0.4, -0.2) is 39.3 Å². The van der Waals surface area contributed by atoms with Crippen LogP contribution in [0.1, 0.15) is 45.6 Å². The summed E-state index contributed by atoms with van der Waals surface area (Å²) in [6, 6.07) is 22.2. The van der Waals surface area contributed by atoms with Crippen LogP contribution in [0.2, 0.25) is 0 Å². The lowest BCUT2D eigenvalue weighted by atomic mass is 9.90. The number of ether oxygens (including phenoxy) is 1. The number of para-hydroxylation sites is 2. The molecule has 0 unspecified atom stereocenters. The first-order chi connectivity index (χ1) is 18.5. The molecule has 0 amide bonds. The highest BCUT2D eigenvalue weighted by Gasteiger charge is 2.33. The second kappa shape index (κ2) is 11.2. The Hall–Kier alpha value is -3.88. The summed E-state index contributed by atoms with van der Waals surface area (Å²) >= 11 is 1.12. The monoisotopic (exact) mass is 528 g/mol. The highest BCUT2D eigenvalue weighted by molar-refractivity contribution is 7.99. The Morgan fingerprint density at radius 1 is 1.11 bits per heavy atom. The number of hydrogen-bond acceptors (Lipinski definition) is 6. The van der Waals surface area contributed by atoms with Crippen molar-refractivity contribution in [3.63, 3.8) is 0 Å². The number of Topliss-reactive ketones (excluding diaryl/α,β-unsaturated/α-hetero) is 1. The van der Waals surface area contributed by atoms with E-state index in [-0.39, 0.29) is 33.7 Å². The number of quaternary nitrogens is 1. The fraction of sp³-hybridized carbons (Fsp3) is 0.233. The minimum atomic E-state index is -0.390. The molecule has 1 atom stereocenters. The van der Waals surface area contributed by atoms with Gasteiger partial charge in [0.1, 0.15) is 17.4 Å². The van der Waals surface area contributed by atoms with E-state index in [0.29, 0.717) is 23.6 Å². The zero-order valence-electron chi connectivity index (χ0n) is 21.4. The van der Waals surface area contributed by atoms with Gasteiger partial charge in [0.25, 0.3) is 5.56 Å². The molecule has 0 saturated carbocycles. The van der Waals surface area contributed by atoms with Crippen LogP contribution in [0.5, 0.6) is 11.6 Å². The number of nitrogens with zero attached hydrogens (tertiary/aromatic N) is 2. The van der Waals surface area contributed by atoms with E-state index in [2.05, 4.69) is 16.4 Å². The Morgan fingerprint density at radius 2 is 1.84 bits per heavy atom. The zero-order chi connectivity index (χ0) is 26.6. The highest BCUT2D eigenvalue weighted by Crippen LogP contribution is 2.32. The fourth-order valence-corrected chi connectivity index (χ4v) is 5.72. The van der Waals surface area contributed by atoms with Crippen LogP contribution >= 0.6 is 11.8 Å². The molecule has 0 bridgehead atoms. The van der Waals surface area contributed by atoms with Crippen LogP contribution in [0, 0.1) is 6.92 Å². The molecule has 7 nitrogen and oxygen atoms in total. The smallest absolute Gasteiger partial charge is 0.272 e. The molecule has 0 spiro atoms. The number of nitrogens with two attached hydrogens (primary N) is 1. The lowest BCUT2D eigenvalue weighted by molar-refractivity contribution is -0.690. The first-order valence-corrected chi connectivity index (χ1v) is 13.7. The quantitative estimate of drug-likeness (QED) is 0.205. The summed E-state index contributed by atoms with van der Waals surface area (Å²) in [5, 5.41) is 13.4. The third kappa shape index (κ3) is 5.10. The van der Waals surface area contributed by atoms with Crippen molar-refractivity contribution < 1.29 is 20.0 Å². The van der Waals surface area contributed by atoms with Crippen LogP contribution in [0.15, 0.2) is 82.7 Å². The summed E-state index contributed by atoms with van der Waals surface area (Å²) < 4.78 is 7.32. The molecule has 1 aliphatic rings. The van der Waals surface area contributed by atoms with E-state index in [1.165, 1.54) is 4.57 Å². The van der Waals surface area contributed by atoms with E-state index in [1.54, 1.807) is 24.3 Å². The number of carbonyl (C=O) groups is 1. The molecule has 3 N–H and O–H groups in total. The Labute approximate surface area is 225 Å². The van der Waals surface area contributed by atoms with Gasteiger partial charge < -0.3 is 15.2 Å². The first-order valence-electron chi connectivity index (χ1n) is 12.7. The molecule has 194 valence electrons. The van der Waals surface area contributed by atoms with Gasteiger partial charge in [0.2, 0.25) is 5.88 Å². The molecule has 0 fully saturated rings. The number of rotatable bonds is 8. The van der Waals surface area contributed by atoms with Gasteiger partial charge in [-0.05, 0) is 31.5 Å². The molecule has 8 heteroatoms. The maximum Gasteiger partial charge on any atom is 0.272 e. The second-order valence-electron chi connectivity index (χ2n) is 9.20. The summed E-state index contributed by atoms with van der Waals surface area (Å²) in [4.78, 5) is 31.7. The van der Waals surface area contributed by atoms with Crippen molar-refractivity contribution >= 4 is 17.5 Å². The number of ketones is 1. The van der Waals surface area contributed by atoms with Crippen LogP contribution in [-0.2, 0) is 6.42 Å². The molecule has 2 heterocycles. The number of aromatic nitrogens is 2. The summed E-state index contributed by atoms with van der Waals surface area (Å²) in [5.74, 6) is 0.175. The van der Waals surface area contributed by atoms with Gasteiger partial charge in [0, 0.05) is 17.5 Å². The van der Waals surface area contributed by atoms with Gasteiger partial charge >= 0.3 is 0 Å². The van der Waals surface area contributed by atoms with Gasteiger partial charge in [-0.25, -0.2) is 0 Å². The fourth-order valence-electron chi connectivity index (χ4n) is 4.83. The van der Waals surface area contributed by atoms with Crippen molar-refractivity contribution in [1.29, 1.82) is 0 Å². The second-order valence-corrected chi connectivity index (χ2v) is 10.1. The Kier molecular flexibility index (Phi) is 7.62. The van der Waals surface area contributed by atoms with Crippen LogP contribution in [0.4, 0.5) is 0 Å². The average molecular weight is 529 g/mol. The lowest BCUT2D eigenvalue weighted by Gasteiger charge is -2.25. The zero-order valence-corrected chi connectivity index (χ0v) is 22.2. The molecule has 5 rings (SSSR count). The Balaban J connectivity index is 1.62. The van der Waals surface area contributed by atoms with Gasteiger partial charge in [-0.2, -0.15) is 4.98 Å². The van der Waals surface area contributed by atoms with E-state index in [1.807, 2.05) is 56.3 Å². The van der Waals surface area contributed by atoms with Crippen molar-refractivity contribution in [3.05, 3.63) is 111 Å². The standard InChI is InChI=1S/C30H29N3O4S/c1-3-37-25-11-7-6-10-23(25)33-29(36)26(27-22-9-5-4-8-20(22)16-17-31-27)28(35)32-30(33)38-18-24(34)21-14-12-19(2)13-15-21/h4-15,27,31,35H,3,16-18H2,1-2H3/p+1/t27-/m0/s1. The number of thioether (sulfide) groups is 1. The average Bonchev–Trinajstić information content (AvgIpc) is 2.93. The largest absolute Gasteiger partial charge is 0.493 e. The summed E-state index contributed by atoms with van der Waals surface area (Å²) in [6.07, 6.45) is 0.886. The van der Waals surface area contributed by atoms with Crippen molar-refractivity contribution in [2.24, 2.45) is 0 Å². The molecule has 0 saturated heterocycles. The number of hydrogen-bond donors (Lipinski definition) is 2. The normalized spacial score (nSPS) is 14.6. The summed E-state index contributed by atoms with van der Waals surface area (Å²) in [7, 11) is 0. The van der Waals surface area contributed by atoms with Gasteiger partial charge in [-0.3, -0.25) is 14.2 Å². The minimum Gasteiger partial charge on any atom is -0.493 e. The van der Waals surface area contributed by atoms with Crippen molar-refractivity contribution in [2.75, 3.05) is 18.9 Å². The molecule has 0 radical (unpaired) electrons. The van der Waals surface area contributed by atoms with Gasteiger partial charge in [0.05, 0.1) is 24.6 Å². The third-order valence-corrected chi connectivity index (χ3v) is 7.63. The molecule has 0 aliphatic carbocycles. The van der Waals surface area contributed by atoms with E-state index >= 15 is 0 Å². The minimum absolute atomic E-state index is 0.0590. The number of fused-ring (bicyclic) bond motifs is 1. The van der Waals surface area contributed by atoms with Crippen molar-refractivity contribution in [3.8, 4) is 17.3 Å². The summed E-state index contributed by atoms with van der Waals surface area (Å²) in [5.41, 5.74) is 4.16. The van der Waals surface area contributed by atoms with E-state index < -0.39 is 6.04 Å². The van der Waals surface area contributed by atoms with E-state index in [4.69, 9.17) is 4.74 Å². The van der Waals surface area contributed by atoms with Crippen molar-refractivity contribution in [1.82, 2.24) is 9.55 Å². The molecule has 1 aromatic heterocycles. The van der Waals surface area contributed by atoms with Crippen molar-refractivity contribution in [2.45, 2.75) is 31.5 Å². The van der Waals surface area contributed by atoms with Crippen LogP contribution in [0.3, 0.4) is 0 Å². The predicted molar refractivity (Wildman–Crippen MR) is 148 cm³/mol. The maximum absolute atomic E-state index is 14.2. The Morgan fingerprint density at radius 3 is 2.63 bits per heavy atom. The van der Waals surface area contributed by atoms with E-state index in [9.17, 15) is 14.7 Å². The van der Waals surface area contributed by atoms with Crippen LogP contribution in [0.25, 0.3) is 5.69 Å². The lowest BCUT2D eigenvalue weighted by Crippen LogP contribution is -2.87. The highest BCUT2D eigenvalue weighted by atomic mass is 32.2. The number of aryl methyl sites for hydroxylation is 1. The topological polar surface area (TPSA) is 98.0 Å². The molecule has 4 aromatic rings. The summed E-state index contributed by atoms with van der Waals surface area (Å²) in [6.45, 7) is 5.05. The molecule has 1 aliphatic heterocycles. The van der Waals surface area contributed by atoms with Gasteiger partial charge in [-0.15, -0.1) is 0 Å². The van der Waals surface area contributed by atoms with Gasteiger partial charge in [-0.1, -0.05) is 78.0 Å². The molecule has 3 aromatic carbocycles. The molecular weight excluding hydrogens is 498 g/mol. The van der Waals surface area contributed by atoms with E-state index in [0.717, 1.165) is 41.4 Å². The number of carbonyl (C=O) groups excluding carboxylic acids is 1. The van der Waals surface area contributed by atoms with Gasteiger partial charge in [0.15, 0.2) is 10.9 Å². The predicted octanol–water partition coefficient (Wildman–Crippen LogP) is 3.83. The SMILES string of the molecule is CCOc1ccccc1-n1c(SCC(=O)c2ccc(C)cc2)nc(O)c([C@H]2[NH2+]CCc3ccccc32)c1=O. The molecular formula is C30H30N3O4S+. The van der Waals surface area contributed by atoms with Crippen LogP contribution < -0.4 is 15.6 Å². The molecule has 38 heavy (non-hydrogen) atoms. The number of benzene rings is 3. The first kappa shape index (κ1) is 25.8.